The molecule has 1 aliphatic carbocycles. The van der Waals surface area contributed by atoms with Crippen molar-refractivity contribution in [2.24, 2.45) is 0 Å². The number of benzene rings is 1. The van der Waals surface area contributed by atoms with Crippen LogP contribution in [0.4, 0.5) is 5.69 Å². The lowest BCUT2D eigenvalue weighted by Crippen LogP contribution is -2.05. The monoisotopic (exact) mass is 282 g/mol. The third-order valence-electron chi connectivity index (χ3n) is 3.89. The topological polar surface area (TPSA) is 55.9 Å². The van der Waals surface area contributed by atoms with Gasteiger partial charge in [-0.1, -0.05) is 6.92 Å². The highest BCUT2D eigenvalue weighted by Gasteiger charge is 2.24. The van der Waals surface area contributed by atoms with E-state index >= 15 is 0 Å². The van der Waals surface area contributed by atoms with E-state index in [4.69, 9.17) is 4.42 Å². The number of hydrogen-bond donors (Lipinski definition) is 1. The number of fused-ring (bicyclic) bond motifs is 1. The van der Waals surface area contributed by atoms with Gasteiger partial charge in [0, 0.05) is 24.3 Å². The fourth-order valence-electron chi connectivity index (χ4n) is 2.58. The number of aromatic nitrogens is 3. The van der Waals surface area contributed by atoms with Crippen LogP contribution >= 0.6 is 0 Å². The van der Waals surface area contributed by atoms with Gasteiger partial charge >= 0.3 is 0 Å². The van der Waals surface area contributed by atoms with Crippen molar-refractivity contribution in [3.63, 3.8) is 0 Å². The quantitative estimate of drug-likeness (QED) is 0.777. The minimum absolute atomic E-state index is 0.662. The Morgan fingerprint density at radius 1 is 1.38 bits per heavy atom. The Morgan fingerprint density at radius 2 is 2.29 bits per heavy atom. The number of anilines is 1. The van der Waals surface area contributed by atoms with E-state index in [9.17, 15) is 0 Å². The molecule has 2 heterocycles. The van der Waals surface area contributed by atoms with Gasteiger partial charge in [-0.15, -0.1) is 0 Å². The molecular formula is C16H18N4O. The zero-order chi connectivity index (χ0) is 14.2. The largest absolute Gasteiger partial charge is 0.441 e. The zero-order valence-corrected chi connectivity index (χ0v) is 12.0. The zero-order valence-electron chi connectivity index (χ0n) is 12.0. The van der Waals surface area contributed by atoms with Crippen molar-refractivity contribution >= 4 is 16.8 Å². The molecule has 4 rings (SSSR count). The molecule has 1 aromatic carbocycles. The van der Waals surface area contributed by atoms with Crippen molar-refractivity contribution in [2.75, 3.05) is 5.32 Å². The predicted octanol–water partition coefficient (Wildman–Crippen LogP) is 3.53. The Morgan fingerprint density at radius 3 is 3.10 bits per heavy atom. The highest BCUT2D eigenvalue weighted by Crippen LogP contribution is 2.35. The summed E-state index contributed by atoms with van der Waals surface area (Å²) in [6.07, 6.45) is 7.23. The molecule has 0 spiro atoms. The van der Waals surface area contributed by atoms with Crippen LogP contribution in [0.25, 0.3) is 11.1 Å². The van der Waals surface area contributed by atoms with E-state index in [-0.39, 0.29) is 0 Å². The highest BCUT2D eigenvalue weighted by atomic mass is 16.3. The van der Waals surface area contributed by atoms with Gasteiger partial charge in [-0.2, -0.15) is 0 Å². The van der Waals surface area contributed by atoms with Crippen molar-refractivity contribution in [3.8, 4) is 0 Å². The van der Waals surface area contributed by atoms with E-state index in [0.717, 1.165) is 35.6 Å². The fourth-order valence-corrected chi connectivity index (χ4v) is 2.58. The van der Waals surface area contributed by atoms with Crippen LogP contribution in [0.5, 0.6) is 0 Å². The second-order valence-electron chi connectivity index (χ2n) is 5.52. The van der Waals surface area contributed by atoms with Gasteiger partial charge in [-0.3, -0.25) is 0 Å². The van der Waals surface area contributed by atoms with E-state index in [1.165, 1.54) is 18.5 Å². The van der Waals surface area contributed by atoms with Crippen LogP contribution in [0.3, 0.4) is 0 Å². The molecule has 21 heavy (non-hydrogen) atoms. The first-order valence-corrected chi connectivity index (χ1v) is 7.47. The molecule has 5 heteroatoms. The molecule has 3 aromatic rings. The lowest BCUT2D eigenvalue weighted by atomic mass is 10.3. The van der Waals surface area contributed by atoms with Crippen LogP contribution in [0.1, 0.15) is 37.4 Å². The Labute approximate surface area is 123 Å². The highest BCUT2D eigenvalue weighted by molar-refractivity contribution is 5.77. The third kappa shape index (κ3) is 2.39. The van der Waals surface area contributed by atoms with Gasteiger partial charge in [0.05, 0.1) is 18.6 Å². The second-order valence-corrected chi connectivity index (χ2v) is 5.52. The summed E-state index contributed by atoms with van der Waals surface area (Å²) >= 11 is 0. The molecule has 2 aromatic heterocycles. The second kappa shape index (κ2) is 4.91. The van der Waals surface area contributed by atoms with Crippen LogP contribution < -0.4 is 5.32 Å². The molecule has 108 valence electrons. The molecule has 0 saturated heterocycles. The Bertz CT molecular complexity index is 770. The lowest BCUT2D eigenvalue weighted by molar-refractivity contribution is 0.538. The maximum atomic E-state index is 5.63. The summed E-state index contributed by atoms with van der Waals surface area (Å²) in [7, 11) is 0. The smallest absolute Gasteiger partial charge is 0.195 e. The third-order valence-corrected chi connectivity index (χ3v) is 3.89. The molecule has 1 saturated carbocycles. The molecule has 0 radical (unpaired) electrons. The van der Waals surface area contributed by atoms with Gasteiger partial charge in [0.1, 0.15) is 5.52 Å². The Kier molecular flexibility index (Phi) is 2.91. The maximum Gasteiger partial charge on any atom is 0.195 e. The number of rotatable bonds is 5. The molecular weight excluding hydrogens is 264 g/mol. The molecule has 1 N–H and O–H groups in total. The van der Waals surface area contributed by atoms with Gasteiger partial charge in [0.2, 0.25) is 0 Å². The summed E-state index contributed by atoms with van der Waals surface area (Å²) in [5.74, 6) is 0.786. The van der Waals surface area contributed by atoms with E-state index in [2.05, 4.69) is 19.9 Å². The number of nitrogens with one attached hydrogen (secondary N) is 1. The molecule has 0 bridgehead atoms. The van der Waals surface area contributed by atoms with Crippen LogP contribution in [0, 0.1) is 0 Å². The average Bonchev–Trinajstić information content (AvgIpc) is 3.10. The van der Waals surface area contributed by atoms with Crippen LogP contribution in [-0.2, 0) is 13.0 Å². The van der Waals surface area contributed by atoms with E-state index < -0.39 is 0 Å². The summed E-state index contributed by atoms with van der Waals surface area (Å²) in [4.78, 5) is 8.72. The van der Waals surface area contributed by atoms with Gasteiger partial charge in [-0.05, 0) is 31.0 Å². The first-order chi connectivity index (χ1) is 10.3. The van der Waals surface area contributed by atoms with Crippen molar-refractivity contribution in [1.29, 1.82) is 0 Å². The Balaban J connectivity index is 1.52. The summed E-state index contributed by atoms with van der Waals surface area (Å²) in [6.45, 7) is 2.82. The van der Waals surface area contributed by atoms with Crippen LogP contribution in [0.15, 0.2) is 35.1 Å². The van der Waals surface area contributed by atoms with Crippen LogP contribution in [0.2, 0.25) is 0 Å². The molecule has 1 aliphatic rings. The van der Waals surface area contributed by atoms with Crippen molar-refractivity contribution in [3.05, 3.63) is 42.3 Å². The predicted molar refractivity (Wildman–Crippen MR) is 81.2 cm³/mol. The first kappa shape index (κ1) is 12.4. The SMILES string of the molecule is CCc1nc2cc(NCc3cncn3C3CC3)ccc2o1. The molecule has 0 amide bonds. The minimum Gasteiger partial charge on any atom is -0.441 e. The van der Waals surface area contributed by atoms with Gasteiger partial charge in [0.15, 0.2) is 11.5 Å². The lowest BCUT2D eigenvalue weighted by Gasteiger charge is -2.09. The minimum atomic E-state index is 0.662. The molecule has 1 fully saturated rings. The van der Waals surface area contributed by atoms with Gasteiger partial charge in [-0.25, -0.2) is 9.97 Å². The fraction of sp³-hybridized carbons (Fsp3) is 0.375. The van der Waals surface area contributed by atoms with Crippen LogP contribution in [-0.4, -0.2) is 14.5 Å². The molecule has 0 atom stereocenters. The van der Waals surface area contributed by atoms with Crippen molar-refractivity contribution in [1.82, 2.24) is 14.5 Å². The standard InChI is InChI=1S/C16H18N4O/c1-2-16-19-14-7-11(3-6-15(14)21-16)18-9-13-8-17-10-20(13)12-4-5-12/h3,6-8,10,12,18H,2,4-5,9H2,1H3. The summed E-state index contributed by atoms with van der Waals surface area (Å²) in [6, 6.07) is 6.71. The molecule has 0 unspecified atom stereocenters. The summed E-state index contributed by atoms with van der Waals surface area (Å²) < 4.78 is 7.90. The van der Waals surface area contributed by atoms with E-state index in [0.29, 0.717) is 6.04 Å². The number of hydrogen-bond acceptors (Lipinski definition) is 4. The van der Waals surface area contributed by atoms with E-state index in [1.54, 1.807) is 0 Å². The molecule has 5 nitrogen and oxygen atoms in total. The van der Waals surface area contributed by atoms with Gasteiger partial charge < -0.3 is 14.3 Å². The number of aryl methyl sites for hydroxylation is 1. The maximum absolute atomic E-state index is 5.63. The summed E-state index contributed by atoms with van der Waals surface area (Å²) in [5, 5.41) is 3.45. The number of imidazole rings is 1. The Hall–Kier alpha value is -2.30. The molecule has 0 aliphatic heterocycles. The van der Waals surface area contributed by atoms with Crippen molar-refractivity contribution < 1.29 is 4.42 Å². The number of nitrogens with zero attached hydrogens (tertiary/aromatic N) is 3. The first-order valence-electron chi connectivity index (χ1n) is 7.47. The van der Waals surface area contributed by atoms with Crippen molar-refractivity contribution in [2.45, 2.75) is 38.8 Å². The number of oxazole rings is 1. The van der Waals surface area contributed by atoms with Gasteiger partial charge in [0.25, 0.3) is 0 Å². The summed E-state index contributed by atoms with van der Waals surface area (Å²) in [5.41, 5.74) is 4.04. The van der Waals surface area contributed by atoms with E-state index in [1.807, 2.05) is 37.6 Å². The normalized spacial score (nSPS) is 14.7. The average molecular weight is 282 g/mol.